The highest BCUT2D eigenvalue weighted by Gasteiger charge is 2.07. The highest BCUT2D eigenvalue weighted by atomic mass is 35.5. The molecule has 1 heterocycles. The average molecular weight is 237 g/mol. The van der Waals surface area contributed by atoms with Crippen LogP contribution >= 0.6 is 11.6 Å². The normalized spacial score (nSPS) is 11.0. The van der Waals surface area contributed by atoms with E-state index >= 15 is 0 Å². The van der Waals surface area contributed by atoms with Crippen LogP contribution in [0.1, 0.15) is 31.2 Å². The lowest BCUT2D eigenvalue weighted by Gasteiger charge is -2.07. The van der Waals surface area contributed by atoms with Gasteiger partial charge in [0.25, 0.3) is 0 Å². The van der Waals surface area contributed by atoms with E-state index in [-0.39, 0.29) is 0 Å². The van der Waals surface area contributed by atoms with Crippen molar-refractivity contribution in [3.05, 3.63) is 35.7 Å². The predicted molar refractivity (Wildman–Crippen MR) is 62.8 cm³/mol. The molecule has 16 heavy (non-hydrogen) atoms. The van der Waals surface area contributed by atoms with Gasteiger partial charge >= 0.3 is 0 Å². The van der Waals surface area contributed by atoms with E-state index in [0.717, 1.165) is 5.69 Å². The van der Waals surface area contributed by atoms with Crippen molar-refractivity contribution in [2.24, 2.45) is 0 Å². The van der Waals surface area contributed by atoms with Crippen molar-refractivity contribution >= 4 is 11.6 Å². The van der Waals surface area contributed by atoms with E-state index in [2.05, 4.69) is 41.5 Å². The first kappa shape index (κ1) is 11.1. The van der Waals surface area contributed by atoms with Gasteiger partial charge in [-0.15, -0.1) is 16.7 Å². The van der Waals surface area contributed by atoms with Gasteiger partial charge in [-0.1, -0.05) is 26.0 Å². The van der Waals surface area contributed by atoms with Gasteiger partial charge in [-0.2, -0.15) is 4.68 Å². The van der Waals surface area contributed by atoms with Crippen LogP contribution in [0.3, 0.4) is 0 Å². The summed E-state index contributed by atoms with van der Waals surface area (Å²) in [5, 5.41) is 11.3. The second-order valence-corrected chi connectivity index (χ2v) is 4.15. The lowest BCUT2D eigenvalue weighted by atomic mass is 10.0. The third kappa shape index (κ3) is 2.07. The summed E-state index contributed by atoms with van der Waals surface area (Å²) in [6, 6.07) is 8.17. The Balaban J connectivity index is 2.35. The Hall–Kier alpha value is -1.42. The van der Waals surface area contributed by atoms with Gasteiger partial charge in [0.1, 0.15) is 0 Å². The van der Waals surface area contributed by atoms with Crippen LogP contribution in [0.5, 0.6) is 0 Å². The Morgan fingerprint density at radius 1 is 1.25 bits per heavy atom. The summed E-state index contributed by atoms with van der Waals surface area (Å²) in [7, 11) is 0. The quantitative estimate of drug-likeness (QED) is 0.770. The van der Waals surface area contributed by atoms with Crippen molar-refractivity contribution in [2.75, 3.05) is 0 Å². The minimum Gasteiger partial charge on any atom is -0.196 e. The van der Waals surface area contributed by atoms with Crippen LogP contribution in [-0.4, -0.2) is 20.2 Å². The third-order valence-corrected chi connectivity index (χ3v) is 2.70. The van der Waals surface area contributed by atoms with Gasteiger partial charge in [0.2, 0.25) is 0 Å². The number of halogens is 1. The lowest BCUT2D eigenvalue weighted by Crippen LogP contribution is -2.01. The molecule has 0 aliphatic rings. The first-order chi connectivity index (χ1) is 7.72. The smallest absolute Gasteiger partial charge is 0.171 e. The molecule has 2 aromatic rings. The maximum Gasteiger partial charge on any atom is 0.171 e. The maximum atomic E-state index is 5.74. The fraction of sp³-hybridized carbons (Fsp3) is 0.364. The number of rotatable bonds is 3. The number of tetrazole rings is 1. The zero-order valence-electron chi connectivity index (χ0n) is 9.26. The van der Waals surface area contributed by atoms with Gasteiger partial charge in [-0.3, -0.25) is 0 Å². The van der Waals surface area contributed by atoms with Gasteiger partial charge in [0.15, 0.2) is 5.82 Å². The summed E-state index contributed by atoms with van der Waals surface area (Å²) in [4.78, 5) is 0. The largest absolute Gasteiger partial charge is 0.196 e. The zero-order valence-corrected chi connectivity index (χ0v) is 10.0. The molecule has 0 atom stereocenters. The van der Waals surface area contributed by atoms with Crippen LogP contribution in [0.4, 0.5) is 0 Å². The summed E-state index contributed by atoms with van der Waals surface area (Å²) < 4.78 is 1.65. The van der Waals surface area contributed by atoms with Crippen LogP contribution in [0.25, 0.3) is 5.69 Å². The number of hydrogen-bond acceptors (Lipinski definition) is 3. The highest BCUT2D eigenvalue weighted by Crippen LogP contribution is 2.17. The number of alkyl halides is 1. The summed E-state index contributed by atoms with van der Waals surface area (Å²) in [6.07, 6.45) is 0. The van der Waals surface area contributed by atoms with Crippen molar-refractivity contribution in [1.29, 1.82) is 0 Å². The van der Waals surface area contributed by atoms with Crippen molar-refractivity contribution in [1.82, 2.24) is 20.2 Å². The molecule has 0 N–H and O–H groups in total. The molecule has 0 bridgehead atoms. The number of benzene rings is 1. The third-order valence-electron chi connectivity index (χ3n) is 2.46. The molecule has 0 unspecified atom stereocenters. The molecular weight excluding hydrogens is 224 g/mol. The molecule has 2 rings (SSSR count). The van der Waals surface area contributed by atoms with E-state index < -0.39 is 0 Å². The van der Waals surface area contributed by atoms with Crippen LogP contribution in [0.15, 0.2) is 24.3 Å². The van der Waals surface area contributed by atoms with Gasteiger partial charge in [-0.25, -0.2) is 0 Å². The van der Waals surface area contributed by atoms with E-state index in [9.17, 15) is 0 Å². The van der Waals surface area contributed by atoms with E-state index in [4.69, 9.17) is 11.6 Å². The Morgan fingerprint density at radius 2 is 1.94 bits per heavy atom. The number of aromatic nitrogens is 4. The SMILES string of the molecule is CC(C)c1ccc(-n2nnnc2CCl)cc1. The van der Waals surface area contributed by atoms with Crippen molar-refractivity contribution in [2.45, 2.75) is 25.6 Å². The zero-order chi connectivity index (χ0) is 11.5. The molecule has 0 saturated carbocycles. The average Bonchev–Trinajstić information content (AvgIpc) is 2.77. The Bertz CT molecular complexity index is 461. The number of hydrogen-bond donors (Lipinski definition) is 0. The predicted octanol–water partition coefficient (Wildman–Crippen LogP) is 2.52. The van der Waals surface area contributed by atoms with Crippen LogP contribution in [0, 0.1) is 0 Å². The molecular formula is C11H13ClN4. The van der Waals surface area contributed by atoms with Gasteiger partial charge < -0.3 is 0 Å². The van der Waals surface area contributed by atoms with Crippen molar-refractivity contribution < 1.29 is 0 Å². The van der Waals surface area contributed by atoms with E-state index in [1.54, 1.807) is 4.68 Å². The minimum atomic E-state index is 0.304. The molecule has 0 aliphatic heterocycles. The van der Waals surface area contributed by atoms with E-state index in [1.165, 1.54) is 5.56 Å². The fourth-order valence-electron chi connectivity index (χ4n) is 1.49. The van der Waals surface area contributed by atoms with Crippen LogP contribution < -0.4 is 0 Å². The Morgan fingerprint density at radius 3 is 2.50 bits per heavy atom. The number of nitrogens with zero attached hydrogens (tertiary/aromatic N) is 4. The molecule has 0 aliphatic carbocycles. The van der Waals surface area contributed by atoms with Crippen molar-refractivity contribution in [3.63, 3.8) is 0 Å². The molecule has 0 radical (unpaired) electrons. The summed E-state index contributed by atoms with van der Waals surface area (Å²) in [5.41, 5.74) is 2.23. The minimum absolute atomic E-state index is 0.304. The summed E-state index contributed by atoms with van der Waals surface area (Å²) in [6.45, 7) is 4.33. The molecule has 84 valence electrons. The second kappa shape index (κ2) is 4.61. The molecule has 1 aromatic heterocycles. The monoisotopic (exact) mass is 236 g/mol. The molecule has 0 amide bonds. The van der Waals surface area contributed by atoms with Crippen LogP contribution in [-0.2, 0) is 5.88 Å². The molecule has 1 aromatic carbocycles. The lowest BCUT2D eigenvalue weighted by molar-refractivity contribution is 0.775. The first-order valence-electron chi connectivity index (χ1n) is 5.16. The second-order valence-electron chi connectivity index (χ2n) is 3.89. The maximum absolute atomic E-state index is 5.74. The molecule has 5 heteroatoms. The van der Waals surface area contributed by atoms with E-state index in [1.807, 2.05) is 12.1 Å². The first-order valence-corrected chi connectivity index (χ1v) is 5.69. The molecule has 4 nitrogen and oxygen atoms in total. The highest BCUT2D eigenvalue weighted by molar-refractivity contribution is 6.16. The Labute approximate surface area is 99.2 Å². The van der Waals surface area contributed by atoms with Crippen LogP contribution in [0.2, 0.25) is 0 Å². The topological polar surface area (TPSA) is 43.6 Å². The van der Waals surface area contributed by atoms with Crippen molar-refractivity contribution in [3.8, 4) is 5.69 Å². The van der Waals surface area contributed by atoms with Gasteiger partial charge in [0, 0.05) is 0 Å². The van der Waals surface area contributed by atoms with E-state index in [0.29, 0.717) is 17.6 Å². The van der Waals surface area contributed by atoms with Gasteiger partial charge in [-0.05, 0) is 34.0 Å². The Kier molecular flexibility index (Phi) is 3.19. The van der Waals surface area contributed by atoms with Gasteiger partial charge in [0.05, 0.1) is 11.6 Å². The fourth-order valence-corrected chi connectivity index (χ4v) is 1.66. The molecule has 0 saturated heterocycles. The summed E-state index contributed by atoms with van der Waals surface area (Å²) in [5.74, 6) is 1.48. The molecule has 0 fully saturated rings. The standard InChI is InChI=1S/C11H13ClN4/c1-8(2)9-3-5-10(6-4-9)16-11(7-12)13-14-15-16/h3-6,8H,7H2,1-2H3. The molecule has 0 spiro atoms. The summed E-state index contributed by atoms with van der Waals surface area (Å²) >= 11 is 5.74.